The Hall–Kier alpha value is -2.11. The minimum absolute atomic E-state index is 0. The molecular formula is C18H23F3IN5O. The molecule has 0 spiro atoms. The van der Waals surface area contributed by atoms with E-state index in [1.165, 1.54) is 6.07 Å². The van der Waals surface area contributed by atoms with Crippen LogP contribution in [-0.4, -0.2) is 42.2 Å². The van der Waals surface area contributed by atoms with Gasteiger partial charge in [0.05, 0.1) is 12.1 Å². The normalized spacial score (nSPS) is 11.5. The van der Waals surface area contributed by atoms with E-state index < -0.39 is 11.7 Å². The molecule has 0 aromatic carbocycles. The molecule has 6 nitrogen and oxygen atoms in total. The Labute approximate surface area is 179 Å². The van der Waals surface area contributed by atoms with Crippen molar-refractivity contribution in [1.29, 1.82) is 0 Å². The first-order chi connectivity index (χ1) is 13.0. The van der Waals surface area contributed by atoms with Gasteiger partial charge in [0, 0.05) is 43.7 Å². The maximum atomic E-state index is 12.5. The van der Waals surface area contributed by atoms with Gasteiger partial charge in [-0.2, -0.15) is 13.2 Å². The fourth-order valence-corrected chi connectivity index (χ4v) is 2.13. The van der Waals surface area contributed by atoms with E-state index in [4.69, 9.17) is 4.74 Å². The van der Waals surface area contributed by atoms with Crippen molar-refractivity contribution >= 4 is 29.9 Å². The number of pyridine rings is 2. The summed E-state index contributed by atoms with van der Waals surface area (Å²) in [6, 6.07) is 7.89. The zero-order chi connectivity index (χ0) is 19.5. The quantitative estimate of drug-likeness (QED) is 0.248. The van der Waals surface area contributed by atoms with Crippen LogP contribution in [0.25, 0.3) is 0 Å². The first-order valence-corrected chi connectivity index (χ1v) is 8.57. The molecule has 2 aromatic rings. The fourth-order valence-electron chi connectivity index (χ4n) is 2.13. The Kier molecular flexibility index (Phi) is 10.6. The van der Waals surface area contributed by atoms with E-state index in [2.05, 4.69) is 25.6 Å². The molecule has 0 fully saturated rings. The summed E-state index contributed by atoms with van der Waals surface area (Å²) in [5, 5.41) is 6.21. The number of alkyl halides is 3. The summed E-state index contributed by atoms with van der Waals surface area (Å²) in [6.45, 7) is 3.91. The molecule has 0 saturated carbocycles. The maximum Gasteiger partial charge on any atom is 0.417 e. The molecule has 2 aromatic heterocycles. The van der Waals surface area contributed by atoms with Crippen molar-refractivity contribution in [2.75, 3.05) is 26.2 Å². The van der Waals surface area contributed by atoms with Gasteiger partial charge in [0.25, 0.3) is 0 Å². The molecule has 0 saturated heterocycles. The summed E-state index contributed by atoms with van der Waals surface area (Å²) >= 11 is 0. The average molecular weight is 509 g/mol. The summed E-state index contributed by atoms with van der Waals surface area (Å²) in [4.78, 5) is 12.4. The third kappa shape index (κ3) is 8.72. The van der Waals surface area contributed by atoms with Crippen LogP contribution < -0.4 is 15.4 Å². The number of guanidine groups is 1. The molecule has 0 unspecified atom stereocenters. The first kappa shape index (κ1) is 23.9. The Morgan fingerprint density at radius 3 is 2.57 bits per heavy atom. The number of halogens is 4. The maximum absolute atomic E-state index is 12.5. The van der Waals surface area contributed by atoms with Gasteiger partial charge >= 0.3 is 6.18 Å². The number of ether oxygens (including phenoxy) is 1. The second kappa shape index (κ2) is 12.4. The molecule has 0 aliphatic heterocycles. The Morgan fingerprint density at radius 2 is 1.96 bits per heavy atom. The summed E-state index contributed by atoms with van der Waals surface area (Å²) in [7, 11) is 0. The van der Waals surface area contributed by atoms with Gasteiger partial charge < -0.3 is 15.4 Å². The standard InChI is InChI=1S/C18H22F3N5O.HI/c1-2-22-17(24-10-8-15-5-3-4-9-23-15)25-11-12-27-16-7-6-14(13-26-16)18(19,20)21;/h3-7,9,13H,2,8,10-12H2,1H3,(H2,22,24,25);1H. The van der Waals surface area contributed by atoms with Crippen LogP contribution in [0, 0.1) is 0 Å². The topological polar surface area (TPSA) is 71.4 Å². The van der Waals surface area contributed by atoms with E-state index in [9.17, 15) is 13.2 Å². The molecule has 154 valence electrons. The Balaban J connectivity index is 0.00000392. The van der Waals surface area contributed by atoms with Gasteiger partial charge in [0.1, 0.15) is 6.61 Å². The summed E-state index contributed by atoms with van der Waals surface area (Å²) in [5.41, 5.74) is 0.163. The smallest absolute Gasteiger partial charge is 0.417 e. The largest absolute Gasteiger partial charge is 0.476 e. The van der Waals surface area contributed by atoms with Crippen LogP contribution in [0.1, 0.15) is 18.2 Å². The highest BCUT2D eigenvalue weighted by Crippen LogP contribution is 2.29. The number of nitrogens with zero attached hydrogens (tertiary/aromatic N) is 3. The number of hydrogen-bond donors (Lipinski definition) is 2. The van der Waals surface area contributed by atoms with Crippen LogP contribution in [0.15, 0.2) is 47.7 Å². The molecular weight excluding hydrogens is 486 g/mol. The Bertz CT molecular complexity index is 711. The zero-order valence-electron chi connectivity index (χ0n) is 15.4. The number of rotatable bonds is 8. The molecule has 0 aliphatic carbocycles. The van der Waals surface area contributed by atoms with E-state index in [0.717, 1.165) is 24.4 Å². The number of nitrogens with one attached hydrogen (secondary N) is 2. The van der Waals surface area contributed by atoms with Gasteiger partial charge in [-0.1, -0.05) is 6.07 Å². The fraction of sp³-hybridized carbons (Fsp3) is 0.389. The van der Waals surface area contributed by atoms with Gasteiger partial charge in [0.2, 0.25) is 5.88 Å². The first-order valence-electron chi connectivity index (χ1n) is 8.57. The molecule has 0 atom stereocenters. The molecule has 0 amide bonds. The van der Waals surface area contributed by atoms with Gasteiger partial charge in [-0.25, -0.2) is 4.98 Å². The van der Waals surface area contributed by atoms with Crippen molar-refractivity contribution in [2.24, 2.45) is 4.99 Å². The van der Waals surface area contributed by atoms with Crippen molar-refractivity contribution in [3.05, 3.63) is 54.0 Å². The lowest BCUT2D eigenvalue weighted by molar-refractivity contribution is -0.137. The van der Waals surface area contributed by atoms with Crippen LogP contribution in [0.5, 0.6) is 5.88 Å². The number of hydrogen-bond acceptors (Lipinski definition) is 4. The van der Waals surface area contributed by atoms with Gasteiger partial charge in [0.15, 0.2) is 5.96 Å². The van der Waals surface area contributed by atoms with Crippen molar-refractivity contribution in [2.45, 2.75) is 19.5 Å². The molecule has 28 heavy (non-hydrogen) atoms. The van der Waals surface area contributed by atoms with Crippen LogP contribution in [0.3, 0.4) is 0 Å². The molecule has 0 aliphatic rings. The van der Waals surface area contributed by atoms with Crippen LogP contribution in [0.4, 0.5) is 13.2 Å². The SMILES string of the molecule is CCNC(=NCCc1ccccn1)NCCOc1ccc(C(F)(F)F)cn1.I. The van der Waals surface area contributed by atoms with E-state index in [1.54, 1.807) is 6.20 Å². The predicted molar refractivity (Wildman–Crippen MR) is 112 cm³/mol. The van der Waals surface area contributed by atoms with E-state index in [0.29, 0.717) is 25.6 Å². The van der Waals surface area contributed by atoms with E-state index in [1.807, 2.05) is 25.1 Å². The highest BCUT2D eigenvalue weighted by atomic mass is 127. The van der Waals surface area contributed by atoms with Crippen molar-refractivity contribution in [3.63, 3.8) is 0 Å². The molecule has 10 heteroatoms. The lowest BCUT2D eigenvalue weighted by Gasteiger charge is -2.12. The lowest BCUT2D eigenvalue weighted by atomic mass is 10.3. The molecule has 2 N–H and O–H groups in total. The highest BCUT2D eigenvalue weighted by Gasteiger charge is 2.30. The average Bonchev–Trinajstić information content (AvgIpc) is 2.65. The van der Waals surface area contributed by atoms with E-state index in [-0.39, 0.29) is 36.5 Å². The second-order valence-corrected chi connectivity index (χ2v) is 5.49. The third-order valence-electron chi connectivity index (χ3n) is 3.42. The molecule has 0 radical (unpaired) electrons. The lowest BCUT2D eigenvalue weighted by Crippen LogP contribution is -2.39. The molecule has 0 bridgehead atoms. The minimum atomic E-state index is -4.40. The minimum Gasteiger partial charge on any atom is -0.476 e. The molecule has 2 heterocycles. The van der Waals surface area contributed by atoms with Crippen LogP contribution in [-0.2, 0) is 12.6 Å². The molecule has 2 rings (SSSR count). The zero-order valence-corrected chi connectivity index (χ0v) is 17.7. The second-order valence-electron chi connectivity index (χ2n) is 5.49. The highest BCUT2D eigenvalue weighted by molar-refractivity contribution is 14.0. The van der Waals surface area contributed by atoms with Crippen molar-refractivity contribution < 1.29 is 17.9 Å². The monoisotopic (exact) mass is 509 g/mol. The summed E-state index contributed by atoms with van der Waals surface area (Å²) in [5.74, 6) is 0.777. The summed E-state index contributed by atoms with van der Waals surface area (Å²) < 4.78 is 42.8. The van der Waals surface area contributed by atoms with Gasteiger partial charge in [-0.3, -0.25) is 9.98 Å². The summed E-state index contributed by atoms with van der Waals surface area (Å²) in [6.07, 6.45) is -1.18. The predicted octanol–water partition coefficient (Wildman–Crippen LogP) is 3.29. The van der Waals surface area contributed by atoms with Crippen molar-refractivity contribution in [3.8, 4) is 5.88 Å². The Morgan fingerprint density at radius 1 is 1.14 bits per heavy atom. The third-order valence-corrected chi connectivity index (χ3v) is 3.42. The van der Waals surface area contributed by atoms with Crippen LogP contribution >= 0.6 is 24.0 Å². The number of aromatic nitrogens is 2. The van der Waals surface area contributed by atoms with Crippen LogP contribution in [0.2, 0.25) is 0 Å². The van der Waals surface area contributed by atoms with Gasteiger partial charge in [-0.15, -0.1) is 24.0 Å². The number of aliphatic imine (C=N–C) groups is 1. The van der Waals surface area contributed by atoms with E-state index >= 15 is 0 Å². The van der Waals surface area contributed by atoms with Crippen molar-refractivity contribution in [1.82, 2.24) is 20.6 Å². The van der Waals surface area contributed by atoms with Gasteiger partial charge in [-0.05, 0) is 25.1 Å².